The van der Waals surface area contributed by atoms with Crippen LogP contribution in [0.25, 0.3) is 0 Å². The topological polar surface area (TPSA) is 75.9 Å². The molecule has 2 saturated heterocycles. The lowest BCUT2D eigenvalue weighted by Crippen LogP contribution is -2.53. The normalized spacial score (nSPS) is 20.1. The number of amides is 2. The van der Waals surface area contributed by atoms with Crippen molar-refractivity contribution in [2.45, 2.75) is 39.5 Å². The number of aryl methyl sites for hydroxylation is 1. The van der Waals surface area contributed by atoms with Crippen molar-refractivity contribution in [2.75, 3.05) is 39.3 Å². The third-order valence-corrected chi connectivity index (χ3v) is 6.23. The number of benzene rings is 1. The Labute approximate surface area is 161 Å². The minimum Gasteiger partial charge on any atom is -0.492 e. The van der Waals surface area contributed by atoms with E-state index in [2.05, 4.69) is 24.8 Å². The Kier molecular flexibility index (Phi) is 6.05. The number of nitrogens with zero attached hydrogens (tertiary/aromatic N) is 2. The minimum atomic E-state index is -0.429. The van der Waals surface area contributed by atoms with Crippen LogP contribution in [0.3, 0.4) is 0 Å². The van der Waals surface area contributed by atoms with Crippen LogP contribution in [0.4, 0.5) is 0 Å². The molecule has 0 radical (unpaired) electrons. The second kappa shape index (κ2) is 8.30. The van der Waals surface area contributed by atoms with Crippen molar-refractivity contribution in [3.05, 3.63) is 29.3 Å². The number of carbonyl (C=O) groups is 2. The van der Waals surface area contributed by atoms with Crippen LogP contribution in [0.1, 0.15) is 36.8 Å². The summed E-state index contributed by atoms with van der Waals surface area (Å²) in [7, 11) is 0. The Hall–Kier alpha value is -2.08. The zero-order chi connectivity index (χ0) is 19.4. The van der Waals surface area contributed by atoms with Gasteiger partial charge in [0.1, 0.15) is 12.4 Å². The Bertz CT molecular complexity index is 696. The molecule has 0 aromatic heterocycles. The first-order valence-electron chi connectivity index (χ1n) is 9.86. The van der Waals surface area contributed by atoms with Crippen molar-refractivity contribution in [3.8, 4) is 5.75 Å². The number of hydrogen-bond acceptors (Lipinski definition) is 4. The van der Waals surface area contributed by atoms with E-state index >= 15 is 0 Å². The molecule has 0 bridgehead atoms. The van der Waals surface area contributed by atoms with Crippen LogP contribution in [-0.2, 0) is 9.59 Å². The summed E-state index contributed by atoms with van der Waals surface area (Å²) >= 11 is 0. The molecule has 1 aromatic carbocycles. The summed E-state index contributed by atoms with van der Waals surface area (Å²) in [6, 6.07) is 6.16. The Balaban J connectivity index is 1.46. The molecule has 2 aliphatic rings. The first-order chi connectivity index (χ1) is 12.9. The van der Waals surface area contributed by atoms with Gasteiger partial charge in [0.25, 0.3) is 0 Å². The highest BCUT2D eigenvalue weighted by molar-refractivity contribution is 5.84. The molecule has 2 aliphatic heterocycles. The number of hydrogen-bond donors (Lipinski definition) is 1. The third-order valence-electron chi connectivity index (χ3n) is 6.23. The number of likely N-dealkylation sites (tertiary alicyclic amines) is 2. The molecule has 2 fully saturated rings. The summed E-state index contributed by atoms with van der Waals surface area (Å²) in [6.07, 6.45) is 3.56. The number of rotatable bonds is 6. The van der Waals surface area contributed by atoms with Gasteiger partial charge in [0.2, 0.25) is 11.8 Å². The van der Waals surface area contributed by atoms with E-state index in [-0.39, 0.29) is 17.9 Å². The van der Waals surface area contributed by atoms with Gasteiger partial charge in [-0.25, -0.2) is 0 Å². The maximum Gasteiger partial charge on any atom is 0.237 e. The molecule has 2 amide bonds. The van der Waals surface area contributed by atoms with E-state index in [0.29, 0.717) is 19.6 Å². The fourth-order valence-corrected chi connectivity index (χ4v) is 4.26. The van der Waals surface area contributed by atoms with Gasteiger partial charge in [-0.05, 0) is 68.8 Å². The molecule has 2 N–H and O–H groups in total. The van der Waals surface area contributed by atoms with Crippen LogP contribution >= 0.6 is 0 Å². The van der Waals surface area contributed by atoms with Gasteiger partial charge < -0.3 is 15.4 Å². The first-order valence-corrected chi connectivity index (χ1v) is 9.86. The molecule has 2 heterocycles. The summed E-state index contributed by atoms with van der Waals surface area (Å²) in [5, 5.41) is 0. The molecule has 1 aromatic rings. The number of primary amides is 1. The second-order valence-electron chi connectivity index (χ2n) is 8.10. The van der Waals surface area contributed by atoms with Crippen molar-refractivity contribution in [1.82, 2.24) is 9.80 Å². The number of ether oxygens (including phenoxy) is 1. The van der Waals surface area contributed by atoms with Gasteiger partial charge in [-0.1, -0.05) is 12.1 Å². The van der Waals surface area contributed by atoms with E-state index in [9.17, 15) is 9.59 Å². The molecule has 1 spiro atoms. The maximum absolute atomic E-state index is 12.0. The van der Waals surface area contributed by atoms with Gasteiger partial charge in [0.05, 0.1) is 6.54 Å². The Morgan fingerprint density at radius 3 is 2.67 bits per heavy atom. The third kappa shape index (κ3) is 4.80. The molecule has 0 saturated carbocycles. The summed E-state index contributed by atoms with van der Waals surface area (Å²) in [4.78, 5) is 27.4. The van der Waals surface area contributed by atoms with Crippen LogP contribution in [0.2, 0.25) is 0 Å². The zero-order valence-electron chi connectivity index (χ0n) is 16.5. The molecule has 27 heavy (non-hydrogen) atoms. The van der Waals surface area contributed by atoms with Crippen molar-refractivity contribution in [1.29, 1.82) is 0 Å². The lowest BCUT2D eigenvalue weighted by molar-refractivity contribution is -0.142. The van der Waals surface area contributed by atoms with Crippen LogP contribution in [-0.4, -0.2) is 60.9 Å². The minimum absolute atomic E-state index is 0.0496. The lowest BCUT2D eigenvalue weighted by atomic mass is 9.72. The quantitative estimate of drug-likeness (QED) is 0.826. The second-order valence-corrected chi connectivity index (χ2v) is 8.10. The van der Waals surface area contributed by atoms with Crippen molar-refractivity contribution < 1.29 is 14.3 Å². The summed E-state index contributed by atoms with van der Waals surface area (Å²) in [6.45, 7) is 8.52. The van der Waals surface area contributed by atoms with E-state index in [1.807, 2.05) is 12.1 Å². The van der Waals surface area contributed by atoms with Crippen LogP contribution < -0.4 is 10.5 Å². The highest BCUT2D eigenvalue weighted by atomic mass is 16.5. The summed E-state index contributed by atoms with van der Waals surface area (Å²) < 4.78 is 5.99. The smallest absolute Gasteiger partial charge is 0.237 e. The fraction of sp³-hybridized carbons (Fsp3) is 0.619. The Morgan fingerprint density at radius 2 is 1.96 bits per heavy atom. The SMILES string of the molecule is Cc1cccc(OCCN2CCC3(CCC(=O)N(CC(N)=O)C3)CC2)c1C. The highest BCUT2D eigenvalue weighted by Gasteiger charge is 2.41. The average molecular weight is 373 g/mol. The molecule has 0 aliphatic carbocycles. The van der Waals surface area contributed by atoms with E-state index < -0.39 is 5.91 Å². The predicted octanol–water partition coefficient (Wildman–Crippen LogP) is 1.87. The number of nitrogens with two attached hydrogens (primary N) is 1. The zero-order valence-corrected chi connectivity index (χ0v) is 16.5. The standard InChI is InChI=1S/C21H31N3O3/c1-16-4-3-5-18(17(16)2)27-13-12-23-10-8-21(9-11-23)7-6-20(26)24(15-21)14-19(22)25/h3-5H,6-15H2,1-2H3,(H2,22,25). The van der Waals surface area contributed by atoms with E-state index in [1.165, 1.54) is 11.1 Å². The van der Waals surface area contributed by atoms with Crippen molar-refractivity contribution >= 4 is 11.8 Å². The van der Waals surface area contributed by atoms with E-state index in [1.54, 1.807) is 4.90 Å². The summed E-state index contributed by atoms with van der Waals surface area (Å²) in [5.74, 6) is 0.599. The average Bonchev–Trinajstić information content (AvgIpc) is 2.63. The first kappa shape index (κ1) is 19.7. The molecule has 6 nitrogen and oxygen atoms in total. The van der Waals surface area contributed by atoms with Crippen LogP contribution in [0, 0.1) is 19.3 Å². The van der Waals surface area contributed by atoms with E-state index in [4.69, 9.17) is 10.5 Å². The van der Waals surface area contributed by atoms with Crippen molar-refractivity contribution in [3.63, 3.8) is 0 Å². The lowest BCUT2D eigenvalue weighted by Gasteiger charge is -2.47. The van der Waals surface area contributed by atoms with Gasteiger partial charge in [-0.15, -0.1) is 0 Å². The monoisotopic (exact) mass is 373 g/mol. The molecule has 148 valence electrons. The fourth-order valence-electron chi connectivity index (χ4n) is 4.26. The van der Waals surface area contributed by atoms with Gasteiger partial charge in [0, 0.05) is 19.5 Å². The number of piperidine rings is 2. The van der Waals surface area contributed by atoms with Gasteiger partial charge in [-0.2, -0.15) is 0 Å². The van der Waals surface area contributed by atoms with Gasteiger partial charge in [-0.3, -0.25) is 14.5 Å². The van der Waals surface area contributed by atoms with Crippen LogP contribution in [0.15, 0.2) is 18.2 Å². The molecular formula is C21H31N3O3. The highest BCUT2D eigenvalue weighted by Crippen LogP contribution is 2.40. The molecule has 3 rings (SSSR count). The van der Waals surface area contributed by atoms with Crippen LogP contribution in [0.5, 0.6) is 5.75 Å². The Morgan fingerprint density at radius 1 is 1.22 bits per heavy atom. The predicted molar refractivity (Wildman–Crippen MR) is 105 cm³/mol. The maximum atomic E-state index is 12.0. The summed E-state index contributed by atoms with van der Waals surface area (Å²) in [5.41, 5.74) is 7.89. The van der Waals surface area contributed by atoms with E-state index in [0.717, 1.165) is 44.6 Å². The molecule has 0 unspecified atom stereocenters. The largest absolute Gasteiger partial charge is 0.492 e. The van der Waals surface area contributed by atoms with Gasteiger partial charge >= 0.3 is 0 Å². The molecule has 0 atom stereocenters. The van der Waals surface area contributed by atoms with Gasteiger partial charge in [0.15, 0.2) is 0 Å². The molecular weight excluding hydrogens is 342 g/mol. The number of carbonyl (C=O) groups excluding carboxylic acids is 2. The van der Waals surface area contributed by atoms with Crippen molar-refractivity contribution in [2.24, 2.45) is 11.1 Å². The molecule has 6 heteroatoms.